The summed E-state index contributed by atoms with van der Waals surface area (Å²) < 4.78 is 38.3. The summed E-state index contributed by atoms with van der Waals surface area (Å²) in [6.45, 7) is 7.82. The summed E-state index contributed by atoms with van der Waals surface area (Å²) in [7, 11) is -2.20. The first-order chi connectivity index (χ1) is 19.2. The van der Waals surface area contributed by atoms with E-state index in [1.54, 1.807) is 24.3 Å². The van der Waals surface area contributed by atoms with Gasteiger partial charge in [0.1, 0.15) is 4.90 Å². The number of hydrogen-bond acceptors (Lipinski definition) is 7. The largest absolute Gasteiger partial charge is 0.490 e. The van der Waals surface area contributed by atoms with E-state index in [0.29, 0.717) is 36.0 Å². The Bertz CT molecular complexity index is 1500. The van der Waals surface area contributed by atoms with E-state index in [9.17, 15) is 18.0 Å². The van der Waals surface area contributed by atoms with Crippen LogP contribution < -0.4 is 8.92 Å². The van der Waals surface area contributed by atoms with Gasteiger partial charge in [-0.25, -0.2) is 0 Å². The summed E-state index contributed by atoms with van der Waals surface area (Å²) >= 11 is 0. The number of allylic oxidation sites excluding steroid dienone is 5. The molecule has 0 radical (unpaired) electrons. The summed E-state index contributed by atoms with van der Waals surface area (Å²) in [5, 5.41) is 0. The lowest BCUT2D eigenvalue weighted by molar-refractivity contribution is -0.117. The molecule has 0 saturated carbocycles. The van der Waals surface area contributed by atoms with Gasteiger partial charge < -0.3 is 13.8 Å². The maximum absolute atomic E-state index is 13.4. The highest BCUT2D eigenvalue weighted by molar-refractivity contribution is 7.87. The smallest absolute Gasteiger partial charge is 0.339 e. The number of carbonyl (C=O) groups excluding carboxylic acids is 2. The Morgan fingerprint density at radius 1 is 0.975 bits per heavy atom. The SMILES string of the molecule is C=CCc1cc(C2C3=C(CCCC3=O)N(C)C3=C2C(=O)CCC3)cc(OCC)c1OS(=O)(=O)c1ccc(C)cc1. The molecule has 40 heavy (non-hydrogen) atoms. The molecule has 2 aromatic rings. The number of ether oxygens (including phenoxy) is 1. The molecule has 1 heterocycles. The molecular weight excluding hydrogens is 526 g/mol. The normalized spacial score (nSPS) is 18.0. The van der Waals surface area contributed by atoms with Crippen molar-refractivity contribution in [2.45, 2.75) is 69.6 Å². The summed E-state index contributed by atoms with van der Waals surface area (Å²) in [5.41, 5.74) is 5.48. The molecule has 0 amide bonds. The van der Waals surface area contributed by atoms with Crippen molar-refractivity contribution in [3.63, 3.8) is 0 Å². The van der Waals surface area contributed by atoms with Crippen LogP contribution in [-0.2, 0) is 26.1 Å². The van der Waals surface area contributed by atoms with Crippen molar-refractivity contribution in [3.05, 3.63) is 88.3 Å². The molecule has 7 nitrogen and oxygen atoms in total. The zero-order chi connectivity index (χ0) is 28.6. The van der Waals surface area contributed by atoms with Gasteiger partial charge in [-0.3, -0.25) is 9.59 Å². The molecule has 0 bridgehead atoms. The lowest BCUT2D eigenvalue weighted by Gasteiger charge is -2.42. The van der Waals surface area contributed by atoms with E-state index < -0.39 is 16.0 Å². The zero-order valence-corrected chi connectivity index (χ0v) is 24.1. The average Bonchev–Trinajstić information content (AvgIpc) is 2.92. The van der Waals surface area contributed by atoms with Crippen molar-refractivity contribution in [3.8, 4) is 11.5 Å². The number of hydrogen-bond donors (Lipinski definition) is 0. The lowest BCUT2D eigenvalue weighted by atomic mass is 9.71. The van der Waals surface area contributed by atoms with Crippen LogP contribution in [0.3, 0.4) is 0 Å². The Morgan fingerprint density at radius 2 is 1.57 bits per heavy atom. The summed E-state index contributed by atoms with van der Waals surface area (Å²) in [6.07, 6.45) is 5.95. The quantitative estimate of drug-likeness (QED) is 0.291. The first-order valence-corrected chi connectivity index (χ1v) is 15.2. The average molecular weight is 562 g/mol. The van der Waals surface area contributed by atoms with Crippen LogP contribution in [0.5, 0.6) is 11.5 Å². The van der Waals surface area contributed by atoms with Crippen LogP contribution in [0.1, 0.15) is 68.1 Å². The molecule has 2 aromatic carbocycles. The fraction of sp³-hybridized carbons (Fsp3) is 0.375. The van der Waals surface area contributed by atoms with Crippen LogP contribution in [0.15, 0.2) is 76.5 Å². The second-order valence-electron chi connectivity index (χ2n) is 10.5. The number of aryl methyl sites for hydroxylation is 1. The third kappa shape index (κ3) is 5.01. The summed E-state index contributed by atoms with van der Waals surface area (Å²) in [6, 6.07) is 10.0. The third-order valence-corrected chi connectivity index (χ3v) is 9.13. The van der Waals surface area contributed by atoms with Crippen molar-refractivity contribution in [2.24, 2.45) is 0 Å². The molecule has 0 saturated heterocycles. The number of rotatable bonds is 8. The maximum Gasteiger partial charge on any atom is 0.339 e. The number of carbonyl (C=O) groups is 2. The van der Waals surface area contributed by atoms with Gasteiger partial charge in [-0.1, -0.05) is 29.8 Å². The Morgan fingerprint density at radius 3 is 2.12 bits per heavy atom. The number of ketones is 2. The number of Topliss-reactive ketones (excluding diaryl/α,β-unsaturated/α-hetero) is 2. The molecule has 3 aliphatic rings. The zero-order valence-electron chi connectivity index (χ0n) is 23.3. The van der Waals surface area contributed by atoms with Crippen molar-refractivity contribution < 1.29 is 26.9 Å². The van der Waals surface area contributed by atoms with Crippen LogP contribution in [-0.4, -0.2) is 38.5 Å². The van der Waals surface area contributed by atoms with Gasteiger partial charge in [-0.15, -0.1) is 6.58 Å². The Hall–Kier alpha value is -3.65. The van der Waals surface area contributed by atoms with E-state index in [1.165, 1.54) is 12.1 Å². The molecule has 0 spiro atoms. The standard InChI is InChI=1S/C32H35NO6S/c1-5-9-21-18-22(19-28(38-6-2)32(21)39-40(36,37)23-16-14-20(3)15-17-23)29-30-24(10-7-12-26(30)34)33(4)25-11-8-13-27(35)31(25)29/h5,14-19,29H,1,6-13H2,2-4H3. The molecule has 0 aromatic heterocycles. The topological polar surface area (TPSA) is 90.0 Å². The van der Waals surface area contributed by atoms with E-state index in [-0.39, 0.29) is 34.6 Å². The van der Waals surface area contributed by atoms with Crippen LogP contribution in [0.4, 0.5) is 0 Å². The first kappa shape index (κ1) is 27.9. The highest BCUT2D eigenvalue weighted by Crippen LogP contribution is 2.50. The third-order valence-electron chi connectivity index (χ3n) is 7.90. The van der Waals surface area contributed by atoms with Gasteiger partial charge in [0.2, 0.25) is 0 Å². The molecule has 5 rings (SSSR count). The monoisotopic (exact) mass is 561 g/mol. The summed E-state index contributed by atoms with van der Waals surface area (Å²) in [4.78, 5) is 29.0. The first-order valence-electron chi connectivity index (χ1n) is 13.8. The number of nitrogens with zero attached hydrogens (tertiary/aromatic N) is 1. The highest BCUT2D eigenvalue weighted by atomic mass is 32.2. The van der Waals surface area contributed by atoms with Crippen LogP contribution in [0.2, 0.25) is 0 Å². The summed E-state index contributed by atoms with van der Waals surface area (Å²) in [5.74, 6) is -0.0935. The van der Waals surface area contributed by atoms with Gasteiger partial charge in [-0.05, 0) is 69.7 Å². The predicted molar refractivity (Wildman–Crippen MR) is 153 cm³/mol. The molecule has 210 valence electrons. The van der Waals surface area contributed by atoms with Gasteiger partial charge >= 0.3 is 10.1 Å². The van der Waals surface area contributed by atoms with Gasteiger partial charge in [0.15, 0.2) is 23.1 Å². The van der Waals surface area contributed by atoms with E-state index in [2.05, 4.69) is 11.5 Å². The maximum atomic E-state index is 13.4. The molecule has 2 aliphatic carbocycles. The van der Waals surface area contributed by atoms with Gasteiger partial charge in [-0.2, -0.15) is 8.42 Å². The van der Waals surface area contributed by atoms with E-state index in [4.69, 9.17) is 8.92 Å². The van der Waals surface area contributed by atoms with Crippen molar-refractivity contribution in [1.29, 1.82) is 0 Å². The van der Waals surface area contributed by atoms with Crippen molar-refractivity contribution in [2.75, 3.05) is 13.7 Å². The Balaban J connectivity index is 1.70. The van der Waals surface area contributed by atoms with Crippen molar-refractivity contribution >= 4 is 21.7 Å². The molecular formula is C32H35NO6S. The van der Waals surface area contributed by atoms with Crippen LogP contribution >= 0.6 is 0 Å². The highest BCUT2D eigenvalue weighted by Gasteiger charge is 2.42. The van der Waals surface area contributed by atoms with Gasteiger partial charge in [0.05, 0.1) is 6.61 Å². The van der Waals surface area contributed by atoms with Crippen LogP contribution in [0.25, 0.3) is 0 Å². The second kappa shape index (κ2) is 11.1. The molecule has 0 fully saturated rings. The van der Waals surface area contributed by atoms with Gasteiger partial charge in [0.25, 0.3) is 0 Å². The molecule has 0 N–H and O–H groups in total. The van der Waals surface area contributed by atoms with E-state index >= 15 is 0 Å². The Kier molecular flexibility index (Phi) is 7.73. The Labute approximate surface area is 236 Å². The van der Waals surface area contributed by atoms with E-state index in [1.807, 2.05) is 27.0 Å². The van der Waals surface area contributed by atoms with E-state index in [0.717, 1.165) is 48.2 Å². The lowest BCUT2D eigenvalue weighted by Crippen LogP contribution is -2.37. The molecule has 0 atom stereocenters. The van der Waals surface area contributed by atoms with Crippen LogP contribution in [0, 0.1) is 6.92 Å². The second-order valence-corrected chi connectivity index (χ2v) is 12.1. The van der Waals surface area contributed by atoms with Gasteiger partial charge in [0, 0.05) is 53.9 Å². The minimum Gasteiger partial charge on any atom is -0.490 e. The minimum atomic E-state index is -4.16. The molecule has 0 unspecified atom stereocenters. The number of benzene rings is 2. The fourth-order valence-corrected chi connectivity index (χ4v) is 7.04. The minimum absolute atomic E-state index is 0.0368. The predicted octanol–water partition coefficient (Wildman–Crippen LogP) is 5.93. The molecule has 1 aliphatic heterocycles. The fourth-order valence-electron chi connectivity index (χ4n) is 6.06. The molecule has 8 heteroatoms. The van der Waals surface area contributed by atoms with Crippen molar-refractivity contribution in [1.82, 2.24) is 4.90 Å².